The summed E-state index contributed by atoms with van der Waals surface area (Å²) in [5, 5.41) is 10.7. The molecule has 1 aliphatic heterocycles. The van der Waals surface area contributed by atoms with Gasteiger partial charge in [-0.2, -0.15) is 4.90 Å². The van der Waals surface area contributed by atoms with Crippen molar-refractivity contribution in [2.45, 2.75) is 18.8 Å². The van der Waals surface area contributed by atoms with Gasteiger partial charge >= 0.3 is 6.09 Å². The summed E-state index contributed by atoms with van der Waals surface area (Å²) in [6, 6.07) is 4.81. The number of aromatic hydroxyl groups is 1. The molecule has 10 heteroatoms. The van der Waals surface area contributed by atoms with Gasteiger partial charge in [0.05, 0.1) is 23.4 Å². The number of allylic oxidation sites excluding steroid dienone is 6. The number of carbonyl (C=O) groups excluding carboxylic acids is 5. The van der Waals surface area contributed by atoms with Gasteiger partial charge in [0, 0.05) is 33.2 Å². The number of likely N-dealkylation sites (tertiary alicyclic amines) is 1. The highest BCUT2D eigenvalue weighted by Gasteiger charge is 2.58. The Morgan fingerprint density at radius 3 is 2.56 bits per heavy atom. The molecule has 3 aliphatic carbocycles. The fourth-order valence-corrected chi connectivity index (χ4v) is 6.42. The topological polar surface area (TPSA) is 118 Å². The number of imide groups is 3. The van der Waals surface area contributed by atoms with Gasteiger partial charge in [0.1, 0.15) is 5.75 Å². The lowest BCUT2D eigenvalue weighted by Crippen LogP contribution is -2.40. The molecule has 1 saturated heterocycles. The fraction of sp³-hybridized carbons (Fsp3) is 0.292. The predicted octanol–water partition coefficient (Wildman–Crippen LogP) is 3.68. The first-order valence-electron chi connectivity index (χ1n) is 10.5. The Kier molecular flexibility index (Phi) is 5.48. The number of carbonyl (C=O) groups is 5. The number of nitrogens with zero attached hydrogens (tertiary/aromatic N) is 1. The van der Waals surface area contributed by atoms with Crippen molar-refractivity contribution in [3.63, 3.8) is 0 Å². The number of fused-ring (bicyclic) bond motifs is 3. The van der Waals surface area contributed by atoms with Gasteiger partial charge in [0.25, 0.3) is 0 Å². The van der Waals surface area contributed by atoms with Gasteiger partial charge in [0.2, 0.25) is 11.8 Å². The van der Waals surface area contributed by atoms with Gasteiger partial charge in [-0.15, -0.1) is 0 Å². The van der Waals surface area contributed by atoms with E-state index in [2.05, 4.69) is 36.6 Å². The summed E-state index contributed by atoms with van der Waals surface area (Å²) in [7, 11) is 1.09. The van der Waals surface area contributed by atoms with Crippen LogP contribution in [0.4, 0.5) is 4.79 Å². The Morgan fingerprint density at radius 1 is 1.12 bits per heavy atom. The lowest BCUT2D eigenvalue weighted by molar-refractivity contribution is -0.137. The molecule has 1 N–H and O–H groups in total. The zero-order valence-corrected chi connectivity index (χ0v) is 20.9. The molecule has 0 saturated carbocycles. The molecule has 8 nitrogen and oxygen atoms in total. The van der Waals surface area contributed by atoms with Crippen molar-refractivity contribution in [1.29, 1.82) is 0 Å². The number of hydrogen-bond donors (Lipinski definition) is 1. The Hall–Kier alpha value is -2.85. The van der Waals surface area contributed by atoms with Crippen molar-refractivity contribution in [1.82, 2.24) is 4.90 Å². The molecular weight excluding hydrogens is 574 g/mol. The number of hydrogen-bond acceptors (Lipinski definition) is 7. The number of methoxy groups -OCH3 is 1. The van der Waals surface area contributed by atoms with Crippen molar-refractivity contribution in [3.05, 3.63) is 61.6 Å². The van der Waals surface area contributed by atoms with Crippen molar-refractivity contribution >= 4 is 61.3 Å². The van der Waals surface area contributed by atoms with Gasteiger partial charge in [-0.25, -0.2) is 4.79 Å². The largest absolute Gasteiger partial charge is 0.508 e. The molecule has 5 rings (SSSR count). The third-order valence-electron chi connectivity index (χ3n) is 6.99. The van der Waals surface area contributed by atoms with E-state index in [0.29, 0.717) is 20.5 Å². The van der Waals surface area contributed by atoms with E-state index in [1.54, 1.807) is 18.2 Å². The summed E-state index contributed by atoms with van der Waals surface area (Å²) in [6.07, 6.45) is 2.23. The van der Waals surface area contributed by atoms with E-state index in [1.807, 2.05) is 0 Å². The maximum atomic E-state index is 13.3. The Morgan fingerprint density at radius 2 is 1.85 bits per heavy atom. The SMILES string of the molecule is COC(=O)N1C(=O)[C@H]2[C@H](CC=C3[C@H](c4cc(Br)ccc4O)C4=C(C[C@H]32)C(=O)C(Br)=CC4=O)C1=O. The van der Waals surface area contributed by atoms with Crippen molar-refractivity contribution in [2.75, 3.05) is 7.11 Å². The minimum absolute atomic E-state index is 0.0646. The number of rotatable bonds is 1. The summed E-state index contributed by atoms with van der Waals surface area (Å²) >= 11 is 6.55. The van der Waals surface area contributed by atoms with Crippen LogP contribution in [0.1, 0.15) is 24.3 Å². The average molecular weight is 591 g/mol. The summed E-state index contributed by atoms with van der Waals surface area (Å²) in [6.45, 7) is 0. The van der Waals surface area contributed by atoms with Gasteiger partial charge in [-0.05, 0) is 52.9 Å². The summed E-state index contributed by atoms with van der Waals surface area (Å²) in [4.78, 5) is 65.1. The molecular formula is C24H17Br2NO7. The average Bonchev–Trinajstić information content (AvgIpc) is 3.07. The van der Waals surface area contributed by atoms with Crippen LogP contribution in [0.15, 0.2) is 56.0 Å². The highest BCUT2D eigenvalue weighted by molar-refractivity contribution is 9.12. The first-order valence-corrected chi connectivity index (χ1v) is 12.1. The summed E-state index contributed by atoms with van der Waals surface area (Å²) in [5.41, 5.74) is 1.58. The molecule has 0 radical (unpaired) electrons. The van der Waals surface area contributed by atoms with Gasteiger partial charge < -0.3 is 9.84 Å². The Labute approximate surface area is 210 Å². The molecule has 1 heterocycles. The smallest absolute Gasteiger partial charge is 0.423 e. The van der Waals surface area contributed by atoms with Gasteiger partial charge in [0.15, 0.2) is 11.6 Å². The molecule has 34 heavy (non-hydrogen) atoms. The third kappa shape index (κ3) is 3.19. The number of ether oxygens (including phenoxy) is 1. The highest BCUT2D eigenvalue weighted by atomic mass is 79.9. The highest BCUT2D eigenvalue weighted by Crippen LogP contribution is 2.56. The van der Waals surface area contributed by atoms with Crippen LogP contribution in [-0.2, 0) is 23.9 Å². The van der Waals surface area contributed by atoms with Crippen molar-refractivity contribution in [3.8, 4) is 5.75 Å². The second-order valence-corrected chi connectivity index (χ2v) is 10.3. The fourth-order valence-electron chi connectivity index (χ4n) is 5.59. The van der Waals surface area contributed by atoms with Crippen LogP contribution in [0.5, 0.6) is 5.75 Å². The lowest BCUT2D eigenvalue weighted by Gasteiger charge is -2.42. The van der Waals surface area contributed by atoms with E-state index in [-0.39, 0.29) is 45.8 Å². The number of amides is 3. The van der Waals surface area contributed by atoms with E-state index < -0.39 is 41.6 Å². The van der Waals surface area contributed by atoms with Gasteiger partial charge in [-0.1, -0.05) is 27.6 Å². The summed E-state index contributed by atoms with van der Waals surface area (Å²) < 4.78 is 5.41. The number of ketones is 2. The normalized spacial score (nSPS) is 28.3. The second-order valence-electron chi connectivity index (χ2n) is 8.58. The minimum Gasteiger partial charge on any atom is -0.508 e. The minimum atomic E-state index is -1.04. The summed E-state index contributed by atoms with van der Waals surface area (Å²) in [5.74, 6) is -5.17. The standard InChI is InChI=1S/C24H17Br2NO7/c1-34-24(33)27-22(31)11-4-3-10-12(19(11)23(27)32)7-14-20(17(29)8-15(26)21(14)30)18(10)13-6-9(25)2-5-16(13)28/h2-3,5-6,8,11-12,18-19,28H,4,7H2,1H3/t11-,12+,18+,19-/m0/s1. The maximum Gasteiger partial charge on any atom is 0.423 e. The Balaban J connectivity index is 1.70. The quantitative estimate of drug-likeness (QED) is 0.301. The molecule has 4 atom stereocenters. The number of halogens is 2. The van der Waals surface area contributed by atoms with E-state index in [0.717, 1.165) is 7.11 Å². The van der Waals surface area contributed by atoms with E-state index >= 15 is 0 Å². The van der Waals surface area contributed by atoms with E-state index in [9.17, 15) is 29.1 Å². The first kappa shape index (κ1) is 22.9. The second kappa shape index (κ2) is 8.13. The van der Waals surface area contributed by atoms with Crippen LogP contribution in [0.25, 0.3) is 0 Å². The van der Waals surface area contributed by atoms with E-state index in [4.69, 9.17) is 0 Å². The first-order chi connectivity index (χ1) is 16.1. The molecule has 0 aromatic heterocycles. The van der Waals surface area contributed by atoms with Crippen LogP contribution < -0.4 is 0 Å². The van der Waals surface area contributed by atoms with Crippen LogP contribution in [0.2, 0.25) is 0 Å². The molecule has 3 amide bonds. The van der Waals surface area contributed by atoms with E-state index in [1.165, 1.54) is 12.1 Å². The lowest BCUT2D eigenvalue weighted by atomic mass is 9.59. The molecule has 0 unspecified atom stereocenters. The molecule has 0 spiro atoms. The molecule has 1 aromatic carbocycles. The zero-order valence-electron chi connectivity index (χ0n) is 17.7. The number of phenols is 1. The van der Waals surface area contributed by atoms with Crippen LogP contribution in [0.3, 0.4) is 0 Å². The van der Waals surface area contributed by atoms with Crippen LogP contribution >= 0.6 is 31.9 Å². The third-order valence-corrected chi connectivity index (χ3v) is 8.07. The van der Waals surface area contributed by atoms with Gasteiger partial charge in [-0.3, -0.25) is 19.2 Å². The van der Waals surface area contributed by atoms with Crippen molar-refractivity contribution in [2.24, 2.45) is 17.8 Å². The molecule has 174 valence electrons. The molecule has 0 bridgehead atoms. The predicted molar refractivity (Wildman–Crippen MR) is 125 cm³/mol. The molecule has 1 aromatic rings. The number of phenolic OH excluding ortho intramolecular Hbond substituents is 1. The maximum absolute atomic E-state index is 13.3. The number of Topliss-reactive ketones (excluding diaryl/α,β-unsaturated/α-hetero) is 1. The monoisotopic (exact) mass is 589 g/mol. The number of benzene rings is 1. The zero-order chi connectivity index (χ0) is 24.5. The molecule has 4 aliphatic rings. The molecule has 1 fully saturated rings. The Bertz CT molecular complexity index is 1310. The van der Waals surface area contributed by atoms with Crippen LogP contribution in [-0.4, -0.2) is 46.6 Å². The van der Waals surface area contributed by atoms with Crippen LogP contribution in [0, 0.1) is 17.8 Å². The van der Waals surface area contributed by atoms with Crippen molar-refractivity contribution < 1.29 is 33.8 Å².